The Morgan fingerprint density at radius 3 is 2.68 bits per heavy atom. The van der Waals surface area contributed by atoms with E-state index in [1.54, 1.807) is 18.6 Å². The molecule has 4 rings (SSSR count). The van der Waals surface area contributed by atoms with E-state index in [9.17, 15) is 4.79 Å². The van der Waals surface area contributed by atoms with Gasteiger partial charge in [-0.1, -0.05) is 0 Å². The van der Waals surface area contributed by atoms with Crippen LogP contribution >= 0.6 is 11.3 Å². The van der Waals surface area contributed by atoms with Crippen LogP contribution < -0.4 is 10.6 Å². The molecule has 114 valence electrons. The molecule has 4 heterocycles. The minimum Gasteiger partial charge on any atom is -0.348 e. The molecule has 2 N–H and O–H groups in total. The molecule has 2 aromatic heterocycles. The zero-order valence-electron chi connectivity index (χ0n) is 12.2. The van der Waals surface area contributed by atoms with Crippen LogP contribution in [0.25, 0.3) is 10.6 Å². The van der Waals surface area contributed by atoms with Gasteiger partial charge in [-0.2, -0.15) is 0 Å². The van der Waals surface area contributed by atoms with Gasteiger partial charge in [-0.3, -0.25) is 9.78 Å². The highest BCUT2D eigenvalue weighted by Crippen LogP contribution is 2.28. The highest BCUT2D eigenvalue weighted by molar-refractivity contribution is 7.16. The number of fused-ring (bicyclic) bond motifs is 2. The van der Waals surface area contributed by atoms with Gasteiger partial charge in [0, 0.05) is 36.1 Å². The first-order valence-corrected chi connectivity index (χ1v) is 8.53. The maximum absolute atomic E-state index is 12.4. The van der Waals surface area contributed by atoms with Gasteiger partial charge in [0.25, 0.3) is 5.91 Å². The van der Waals surface area contributed by atoms with Gasteiger partial charge < -0.3 is 10.6 Å². The standard InChI is InChI=1S/C16H18N4OS/c21-15(20-13-7-11-1-2-12(8-13)19-11)14-9-18-16(22-14)10-3-5-17-6-4-10/h3-6,9,11-13,19H,1-2,7-8H2,(H,20,21). The molecule has 0 aromatic carbocycles. The summed E-state index contributed by atoms with van der Waals surface area (Å²) < 4.78 is 0. The molecule has 2 aromatic rings. The van der Waals surface area contributed by atoms with Crippen molar-refractivity contribution in [1.82, 2.24) is 20.6 Å². The lowest BCUT2D eigenvalue weighted by Gasteiger charge is -2.29. The fourth-order valence-electron chi connectivity index (χ4n) is 3.44. The maximum atomic E-state index is 12.4. The molecule has 22 heavy (non-hydrogen) atoms. The predicted molar refractivity (Wildman–Crippen MR) is 85.8 cm³/mol. The second-order valence-corrected chi connectivity index (χ2v) is 7.08. The van der Waals surface area contributed by atoms with Crippen LogP contribution in [0.4, 0.5) is 0 Å². The average molecular weight is 314 g/mol. The fourth-order valence-corrected chi connectivity index (χ4v) is 4.26. The molecular formula is C16H18N4OS. The first-order chi connectivity index (χ1) is 10.8. The predicted octanol–water partition coefficient (Wildman–Crippen LogP) is 2.22. The Morgan fingerprint density at radius 1 is 1.23 bits per heavy atom. The van der Waals surface area contributed by atoms with Gasteiger partial charge in [0.2, 0.25) is 0 Å². The van der Waals surface area contributed by atoms with Crippen molar-refractivity contribution in [2.45, 2.75) is 43.8 Å². The molecule has 2 unspecified atom stereocenters. The lowest BCUT2D eigenvalue weighted by Crippen LogP contribution is -2.47. The Balaban J connectivity index is 1.44. The number of carbonyl (C=O) groups is 1. The number of pyridine rings is 1. The highest BCUT2D eigenvalue weighted by atomic mass is 32.1. The molecule has 2 aliphatic rings. The number of carbonyl (C=O) groups excluding carboxylic acids is 1. The monoisotopic (exact) mass is 314 g/mol. The number of nitrogens with zero attached hydrogens (tertiary/aromatic N) is 2. The summed E-state index contributed by atoms with van der Waals surface area (Å²) in [6, 6.07) is 5.27. The van der Waals surface area contributed by atoms with E-state index in [0.717, 1.165) is 23.4 Å². The molecule has 1 amide bonds. The van der Waals surface area contributed by atoms with Gasteiger partial charge in [0.15, 0.2) is 0 Å². The van der Waals surface area contributed by atoms with E-state index in [-0.39, 0.29) is 11.9 Å². The summed E-state index contributed by atoms with van der Waals surface area (Å²) >= 11 is 1.43. The van der Waals surface area contributed by atoms with Crippen molar-refractivity contribution in [3.63, 3.8) is 0 Å². The zero-order chi connectivity index (χ0) is 14.9. The van der Waals surface area contributed by atoms with Crippen molar-refractivity contribution in [2.75, 3.05) is 0 Å². The summed E-state index contributed by atoms with van der Waals surface area (Å²) in [6.07, 6.45) is 9.71. The van der Waals surface area contributed by atoms with E-state index in [4.69, 9.17) is 0 Å². The van der Waals surface area contributed by atoms with Crippen LogP contribution in [0.15, 0.2) is 30.7 Å². The van der Waals surface area contributed by atoms with Crippen LogP contribution in [-0.2, 0) is 0 Å². The molecular weight excluding hydrogens is 296 g/mol. The van der Waals surface area contributed by atoms with E-state index in [1.807, 2.05) is 12.1 Å². The van der Waals surface area contributed by atoms with Gasteiger partial charge in [0.1, 0.15) is 9.88 Å². The van der Waals surface area contributed by atoms with Crippen LogP contribution in [0.3, 0.4) is 0 Å². The lowest BCUT2D eigenvalue weighted by atomic mass is 10.00. The Morgan fingerprint density at radius 2 is 1.95 bits per heavy atom. The SMILES string of the molecule is O=C(NC1CC2CCC(C1)N2)c1cnc(-c2ccncc2)s1. The number of aromatic nitrogens is 2. The second kappa shape index (κ2) is 5.78. The number of hydrogen-bond acceptors (Lipinski definition) is 5. The van der Waals surface area contributed by atoms with Crippen LogP contribution in [-0.4, -0.2) is 34.0 Å². The topological polar surface area (TPSA) is 66.9 Å². The lowest BCUT2D eigenvalue weighted by molar-refractivity contribution is 0.0928. The Bertz CT molecular complexity index is 660. The van der Waals surface area contributed by atoms with Crippen LogP contribution in [0.5, 0.6) is 0 Å². The van der Waals surface area contributed by atoms with Crippen LogP contribution in [0, 0.1) is 0 Å². The van der Waals surface area contributed by atoms with E-state index >= 15 is 0 Å². The molecule has 2 fully saturated rings. The van der Waals surface area contributed by atoms with Crippen molar-refractivity contribution in [3.05, 3.63) is 35.6 Å². The van der Waals surface area contributed by atoms with Gasteiger partial charge in [-0.15, -0.1) is 11.3 Å². The van der Waals surface area contributed by atoms with Gasteiger partial charge >= 0.3 is 0 Å². The summed E-state index contributed by atoms with van der Waals surface area (Å²) in [5, 5.41) is 7.63. The summed E-state index contributed by atoms with van der Waals surface area (Å²) in [5.41, 5.74) is 0.999. The average Bonchev–Trinajstić information content (AvgIpc) is 3.15. The smallest absolute Gasteiger partial charge is 0.263 e. The molecule has 5 nitrogen and oxygen atoms in total. The second-order valence-electron chi connectivity index (χ2n) is 6.05. The molecule has 0 spiro atoms. The minimum absolute atomic E-state index is 0.00380. The van der Waals surface area contributed by atoms with E-state index in [0.29, 0.717) is 17.0 Å². The molecule has 6 heteroatoms. The molecule has 2 atom stereocenters. The van der Waals surface area contributed by atoms with Gasteiger partial charge in [0.05, 0.1) is 6.20 Å². The number of piperidine rings is 1. The maximum Gasteiger partial charge on any atom is 0.263 e. The summed E-state index contributed by atoms with van der Waals surface area (Å²) in [6.45, 7) is 0. The van der Waals surface area contributed by atoms with Crippen LogP contribution in [0.2, 0.25) is 0 Å². The molecule has 0 saturated carbocycles. The van der Waals surface area contributed by atoms with Crippen molar-refractivity contribution in [3.8, 4) is 10.6 Å². The molecule has 2 saturated heterocycles. The summed E-state index contributed by atoms with van der Waals surface area (Å²) in [4.78, 5) is 21.5. The normalized spacial score (nSPS) is 26.8. The molecule has 0 aliphatic carbocycles. The Labute approximate surface area is 133 Å². The number of rotatable bonds is 3. The molecule has 2 aliphatic heterocycles. The zero-order valence-corrected chi connectivity index (χ0v) is 13.0. The third-order valence-corrected chi connectivity index (χ3v) is 5.51. The third-order valence-electron chi connectivity index (χ3n) is 4.47. The molecule has 0 radical (unpaired) electrons. The van der Waals surface area contributed by atoms with E-state index < -0.39 is 0 Å². The van der Waals surface area contributed by atoms with Gasteiger partial charge in [-0.25, -0.2) is 4.98 Å². The number of hydrogen-bond donors (Lipinski definition) is 2. The highest BCUT2D eigenvalue weighted by Gasteiger charge is 2.34. The van der Waals surface area contributed by atoms with Crippen molar-refractivity contribution in [1.29, 1.82) is 0 Å². The summed E-state index contributed by atoms with van der Waals surface area (Å²) in [7, 11) is 0. The first kappa shape index (κ1) is 13.8. The Hall–Kier alpha value is -1.79. The summed E-state index contributed by atoms with van der Waals surface area (Å²) in [5.74, 6) is 0.00380. The number of thiazole rings is 1. The van der Waals surface area contributed by atoms with Crippen molar-refractivity contribution < 1.29 is 4.79 Å². The fraction of sp³-hybridized carbons (Fsp3) is 0.438. The van der Waals surface area contributed by atoms with Crippen molar-refractivity contribution in [2.24, 2.45) is 0 Å². The number of amides is 1. The van der Waals surface area contributed by atoms with Crippen molar-refractivity contribution >= 4 is 17.2 Å². The Kier molecular flexibility index (Phi) is 3.63. The van der Waals surface area contributed by atoms with Gasteiger partial charge in [-0.05, 0) is 37.8 Å². The largest absolute Gasteiger partial charge is 0.348 e. The van der Waals surface area contributed by atoms with E-state index in [1.165, 1.54) is 24.2 Å². The quantitative estimate of drug-likeness (QED) is 0.911. The first-order valence-electron chi connectivity index (χ1n) is 7.71. The van der Waals surface area contributed by atoms with Crippen LogP contribution in [0.1, 0.15) is 35.4 Å². The third kappa shape index (κ3) is 2.76. The minimum atomic E-state index is 0.00380. The number of nitrogens with one attached hydrogen (secondary N) is 2. The van der Waals surface area contributed by atoms with E-state index in [2.05, 4.69) is 20.6 Å². The molecule has 2 bridgehead atoms.